The lowest BCUT2D eigenvalue weighted by Crippen LogP contribution is -2.51. The van der Waals surface area contributed by atoms with Crippen LogP contribution in [0.3, 0.4) is 0 Å². The molecule has 2 spiro atoms. The van der Waals surface area contributed by atoms with Gasteiger partial charge in [0.2, 0.25) is 11.8 Å². The first-order valence-electron chi connectivity index (χ1n) is 16.2. The lowest BCUT2D eigenvalue weighted by Gasteiger charge is -2.54. The number of rotatable bonds is 7. The summed E-state index contributed by atoms with van der Waals surface area (Å²) >= 11 is 0. The Hall–Kier alpha value is -3.23. The molecule has 3 saturated heterocycles. The fraction of sp³-hybridized carbons (Fsp3) is 0.571. The number of aldehydes is 1. The molecule has 0 aromatic heterocycles. The third kappa shape index (κ3) is 5.37. The van der Waals surface area contributed by atoms with Crippen LogP contribution < -0.4 is 15.0 Å². The zero-order chi connectivity index (χ0) is 29.6. The monoisotopic (exact) mass is 584 g/mol. The van der Waals surface area contributed by atoms with Crippen LogP contribution in [0.2, 0.25) is 0 Å². The number of para-hydroxylation sites is 1. The van der Waals surface area contributed by atoms with Gasteiger partial charge >= 0.3 is 0 Å². The average molecular weight is 585 g/mol. The number of carbonyl (C=O) groups excluding carboxylic acids is 3. The number of carbonyl (C=O) groups is 3. The van der Waals surface area contributed by atoms with Crippen molar-refractivity contribution in [2.45, 2.75) is 69.4 Å². The molecule has 4 fully saturated rings. The minimum Gasteiger partial charge on any atom is -0.492 e. The summed E-state index contributed by atoms with van der Waals surface area (Å²) in [5.74, 6) is 1.16. The van der Waals surface area contributed by atoms with Crippen molar-refractivity contribution >= 4 is 23.8 Å². The van der Waals surface area contributed by atoms with Crippen LogP contribution in [-0.2, 0) is 21.5 Å². The Morgan fingerprint density at radius 2 is 1.74 bits per heavy atom. The van der Waals surface area contributed by atoms with E-state index in [9.17, 15) is 14.4 Å². The smallest absolute Gasteiger partial charge is 0.243 e. The maximum absolute atomic E-state index is 12.5. The van der Waals surface area contributed by atoms with Gasteiger partial charge < -0.3 is 14.5 Å². The number of likely N-dealkylation sites (N-methyl/N-ethyl adjacent to an activating group) is 1. The number of benzene rings is 2. The van der Waals surface area contributed by atoms with Gasteiger partial charge in [-0.3, -0.25) is 24.6 Å². The average Bonchev–Trinajstić information content (AvgIpc) is 3.36. The van der Waals surface area contributed by atoms with E-state index in [1.54, 1.807) is 0 Å². The van der Waals surface area contributed by atoms with Crippen molar-refractivity contribution < 1.29 is 19.1 Å². The molecule has 4 heterocycles. The van der Waals surface area contributed by atoms with E-state index in [1.165, 1.54) is 56.6 Å². The Morgan fingerprint density at radius 1 is 1.00 bits per heavy atom. The van der Waals surface area contributed by atoms with Gasteiger partial charge in [-0.15, -0.1) is 0 Å². The normalized spacial score (nSPS) is 25.0. The van der Waals surface area contributed by atoms with Gasteiger partial charge in [-0.1, -0.05) is 30.3 Å². The Morgan fingerprint density at radius 3 is 2.44 bits per heavy atom. The van der Waals surface area contributed by atoms with Crippen LogP contribution in [0.15, 0.2) is 42.5 Å². The van der Waals surface area contributed by atoms with E-state index in [4.69, 9.17) is 4.74 Å². The molecule has 1 atom stereocenters. The number of amides is 2. The molecule has 8 heteroatoms. The number of hydrogen-bond donors (Lipinski definition) is 1. The maximum atomic E-state index is 12.5. The van der Waals surface area contributed by atoms with Crippen LogP contribution in [0.1, 0.15) is 72.9 Å². The standard InChI is InChI=1S/C35H44N4O4/c1-37(30-9-10-31(41)36-33(30)42)22-28-26(23-40)7-8-29-32(28)43-24-35(29)13-15-38(16-14-35)21-25-19-34(20-25)11-17-39(18-12-34)27-5-3-2-4-6-27/h2-8,23,25,30H,9-22,24H2,1H3,(H,36,41,42). The molecule has 1 unspecified atom stereocenters. The molecule has 228 valence electrons. The van der Waals surface area contributed by atoms with E-state index < -0.39 is 6.04 Å². The maximum Gasteiger partial charge on any atom is 0.243 e. The van der Waals surface area contributed by atoms with Crippen molar-refractivity contribution in [2.75, 3.05) is 51.3 Å². The van der Waals surface area contributed by atoms with Gasteiger partial charge in [0.15, 0.2) is 6.29 Å². The molecule has 4 aliphatic heterocycles. The minimum atomic E-state index is -0.395. The van der Waals surface area contributed by atoms with E-state index in [2.05, 4.69) is 51.5 Å². The van der Waals surface area contributed by atoms with Crippen LogP contribution in [-0.4, -0.2) is 80.3 Å². The first-order chi connectivity index (χ1) is 20.9. The lowest BCUT2D eigenvalue weighted by atomic mass is 9.57. The van der Waals surface area contributed by atoms with Gasteiger partial charge in [-0.05, 0) is 88.5 Å². The van der Waals surface area contributed by atoms with Crippen LogP contribution in [0, 0.1) is 11.3 Å². The zero-order valence-corrected chi connectivity index (χ0v) is 25.4. The fourth-order valence-corrected chi connectivity index (χ4v) is 8.77. The van der Waals surface area contributed by atoms with E-state index >= 15 is 0 Å². The van der Waals surface area contributed by atoms with Crippen molar-refractivity contribution in [3.8, 4) is 5.75 Å². The molecule has 1 aliphatic carbocycles. The van der Waals surface area contributed by atoms with Crippen molar-refractivity contribution in [3.63, 3.8) is 0 Å². The number of anilines is 1. The quantitative estimate of drug-likeness (QED) is 0.387. The zero-order valence-electron chi connectivity index (χ0n) is 25.4. The summed E-state index contributed by atoms with van der Waals surface area (Å²) in [5.41, 5.74) is 4.61. The molecule has 0 bridgehead atoms. The summed E-state index contributed by atoms with van der Waals surface area (Å²) in [6.45, 7) is 6.80. The Bertz CT molecular complexity index is 1370. The van der Waals surface area contributed by atoms with Gasteiger partial charge in [-0.25, -0.2) is 0 Å². The molecule has 1 saturated carbocycles. The predicted octanol–water partition coefficient (Wildman–Crippen LogP) is 4.16. The number of hydrogen-bond acceptors (Lipinski definition) is 7. The van der Waals surface area contributed by atoms with Gasteiger partial charge in [0.1, 0.15) is 5.75 Å². The van der Waals surface area contributed by atoms with Crippen molar-refractivity contribution in [3.05, 3.63) is 59.2 Å². The van der Waals surface area contributed by atoms with Gasteiger partial charge in [0.05, 0.1) is 12.6 Å². The second kappa shape index (κ2) is 11.4. The minimum absolute atomic E-state index is 0.0136. The Balaban J connectivity index is 0.946. The highest BCUT2D eigenvalue weighted by molar-refractivity contribution is 6.00. The number of nitrogens with one attached hydrogen (secondary N) is 1. The second-order valence-corrected chi connectivity index (χ2v) is 14.0. The summed E-state index contributed by atoms with van der Waals surface area (Å²) in [6.07, 6.45) is 9.23. The molecular formula is C35H44N4O4. The molecular weight excluding hydrogens is 540 g/mol. The summed E-state index contributed by atoms with van der Waals surface area (Å²) < 4.78 is 6.40. The van der Waals surface area contributed by atoms with Crippen molar-refractivity contribution in [2.24, 2.45) is 11.3 Å². The summed E-state index contributed by atoms with van der Waals surface area (Å²) in [6, 6.07) is 14.5. The number of fused-ring (bicyclic) bond motifs is 2. The van der Waals surface area contributed by atoms with Crippen molar-refractivity contribution in [1.29, 1.82) is 0 Å². The number of piperidine rings is 3. The summed E-state index contributed by atoms with van der Waals surface area (Å²) in [4.78, 5) is 43.3. The first kappa shape index (κ1) is 28.5. The molecule has 5 aliphatic rings. The molecule has 0 radical (unpaired) electrons. The molecule has 1 N–H and O–H groups in total. The van der Waals surface area contributed by atoms with Crippen molar-refractivity contribution in [1.82, 2.24) is 15.1 Å². The topological polar surface area (TPSA) is 82.2 Å². The third-order valence-corrected chi connectivity index (χ3v) is 11.4. The van der Waals surface area contributed by atoms with Crippen LogP contribution in [0.25, 0.3) is 0 Å². The molecule has 43 heavy (non-hydrogen) atoms. The fourth-order valence-electron chi connectivity index (χ4n) is 8.77. The van der Waals surface area contributed by atoms with E-state index in [0.29, 0.717) is 37.0 Å². The Kier molecular flexibility index (Phi) is 7.54. The van der Waals surface area contributed by atoms with Crippen LogP contribution in [0.4, 0.5) is 5.69 Å². The number of ether oxygens (including phenoxy) is 1. The molecule has 2 aromatic rings. The summed E-state index contributed by atoms with van der Waals surface area (Å²) in [7, 11) is 1.88. The number of imide groups is 1. The van der Waals surface area contributed by atoms with Gasteiger partial charge in [0.25, 0.3) is 0 Å². The molecule has 7 rings (SSSR count). The highest BCUT2D eigenvalue weighted by atomic mass is 16.5. The number of nitrogens with zero attached hydrogens (tertiary/aromatic N) is 3. The highest BCUT2D eigenvalue weighted by Crippen LogP contribution is 2.54. The molecule has 2 aromatic carbocycles. The van der Waals surface area contributed by atoms with E-state index in [0.717, 1.165) is 49.4 Å². The largest absolute Gasteiger partial charge is 0.492 e. The Labute approximate surface area is 254 Å². The highest BCUT2D eigenvalue weighted by Gasteiger charge is 2.48. The SMILES string of the molecule is CN(Cc1c(C=O)ccc2c1OCC21CCN(CC2CC3(CCN(c4ccccc4)CC3)C2)CC1)C1CCC(=O)NC1=O. The summed E-state index contributed by atoms with van der Waals surface area (Å²) in [5, 5.41) is 2.45. The van der Waals surface area contributed by atoms with Gasteiger partial charge in [0, 0.05) is 60.4 Å². The number of likely N-dealkylation sites (tertiary alicyclic amines) is 1. The van der Waals surface area contributed by atoms with E-state index in [1.807, 2.05) is 18.0 Å². The van der Waals surface area contributed by atoms with E-state index in [-0.39, 0.29) is 17.2 Å². The predicted molar refractivity (Wildman–Crippen MR) is 165 cm³/mol. The van der Waals surface area contributed by atoms with Gasteiger partial charge in [-0.2, -0.15) is 0 Å². The van der Waals surface area contributed by atoms with Crippen LogP contribution >= 0.6 is 0 Å². The third-order valence-electron chi connectivity index (χ3n) is 11.4. The first-order valence-corrected chi connectivity index (χ1v) is 16.2. The van der Waals surface area contributed by atoms with Crippen LogP contribution in [0.5, 0.6) is 5.75 Å². The molecule has 2 amide bonds. The second-order valence-electron chi connectivity index (χ2n) is 14.0. The molecule has 8 nitrogen and oxygen atoms in total. The lowest BCUT2D eigenvalue weighted by molar-refractivity contribution is -0.137.